The van der Waals surface area contributed by atoms with Crippen molar-refractivity contribution in [2.75, 3.05) is 11.9 Å². The molecule has 0 saturated heterocycles. The molecular formula is C15H13NO3S. The number of benzene rings is 1. The van der Waals surface area contributed by atoms with Crippen LogP contribution in [0.1, 0.15) is 22.3 Å². The molecule has 0 fully saturated rings. The molecule has 4 nitrogen and oxygen atoms in total. The molecule has 1 atom stereocenters. The molecule has 2 aromatic rings. The number of carbonyl (C=O) groups is 2. The number of nitrogens with zero attached hydrogens (tertiary/aromatic N) is 1. The molecule has 2 heterocycles. The van der Waals surface area contributed by atoms with Crippen molar-refractivity contribution in [2.45, 2.75) is 12.0 Å². The van der Waals surface area contributed by atoms with E-state index in [1.54, 1.807) is 48.1 Å². The maximum atomic E-state index is 12.3. The summed E-state index contributed by atoms with van der Waals surface area (Å²) < 4.78 is 0. The normalized spacial score (nSPS) is 21.1. The van der Waals surface area contributed by atoms with Gasteiger partial charge in [0.15, 0.2) is 11.4 Å². The molecule has 0 unspecified atom stereocenters. The standard InChI is InChI=1S/C15H13NO3S/c1-16-12-5-3-2-4-11(12)15(19,14(16)18)8-13(17)10-6-7-20-9-10/h2-7,9,19H,8H2,1H3/t15-/m0/s1. The monoisotopic (exact) mass is 287 g/mol. The molecule has 0 aliphatic carbocycles. The molecule has 1 amide bonds. The topological polar surface area (TPSA) is 57.6 Å². The highest BCUT2D eigenvalue weighted by atomic mass is 32.1. The predicted octanol–water partition coefficient (Wildman–Crippen LogP) is 2.19. The second-order valence-corrected chi connectivity index (χ2v) is 5.63. The number of anilines is 1. The van der Waals surface area contributed by atoms with Crippen LogP contribution in [0.3, 0.4) is 0 Å². The predicted molar refractivity (Wildman–Crippen MR) is 77.0 cm³/mol. The minimum Gasteiger partial charge on any atom is -0.375 e. The second kappa shape index (κ2) is 4.54. The summed E-state index contributed by atoms with van der Waals surface area (Å²) in [6.45, 7) is 0. The van der Waals surface area contributed by atoms with E-state index < -0.39 is 11.5 Å². The van der Waals surface area contributed by atoms with Gasteiger partial charge in [0.2, 0.25) is 0 Å². The van der Waals surface area contributed by atoms with Gasteiger partial charge in [0.05, 0.1) is 12.1 Å². The first-order chi connectivity index (χ1) is 9.54. The number of para-hydroxylation sites is 1. The zero-order valence-corrected chi connectivity index (χ0v) is 11.7. The Bertz CT molecular complexity index is 680. The molecule has 1 aliphatic rings. The molecule has 0 bridgehead atoms. The largest absolute Gasteiger partial charge is 0.375 e. The van der Waals surface area contributed by atoms with Gasteiger partial charge in [0, 0.05) is 23.6 Å². The van der Waals surface area contributed by atoms with Gasteiger partial charge in [-0.3, -0.25) is 9.59 Å². The van der Waals surface area contributed by atoms with Gasteiger partial charge < -0.3 is 10.0 Å². The quantitative estimate of drug-likeness (QED) is 0.880. The highest BCUT2D eigenvalue weighted by molar-refractivity contribution is 7.08. The highest BCUT2D eigenvalue weighted by Crippen LogP contribution is 2.41. The van der Waals surface area contributed by atoms with Crippen molar-refractivity contribution in [1.82, 2.24) is 0 Å². The molecule has 20 heavy (non-hydrogen) atoms. The summed E-state index contributed by atoms with van der Waals surface area (Å²) in [6, 6.07) is 8.71. The summed E-state index contributed by atoms with van der Waals surface area (Å²) >= 11 is 1.41. The molecule has 1 aromatic heterocycles. The Balaban J connectivity index is 2.00. The van der Waals surface area contributed by atoms with E-state index in [-0.39, 0.29) is 12.2 Å². The van der Waals surface area contributed by atoms with Crippen molar-refractivity contribution in [3.8, 4) is 0 Å². The Morgan fingerprint density at radius 2 is 2.10 bits per heavy atom. The first kappa shape index (κ1) is 13.0. The van der Waals surface area contributed by atoms with Gasteiger partial charge in [-0.05, 0) is 17.5 Å². The Hall–Kier alpha value is -1.98. The SMILES string of the molecule is CN1C(=O)[C@](O)(CC(=O)c2ccsc2)c2ccccc21. The fourth-order valence-electron chi connectivity index (χ4n) is 2.55. The second-order valence-electron chi connectivity index (χ2n) is 4.85. The van der Waals surface area contributed by atoms with Gasteiger partial charge in [-0.1, -0.05) is 18.2 Å². The Morgan fingerprint density at radius 3 is 2.80 bits per heavy atom. The Kier molecular flexibility index (Phi) is 2.96. The van der Waals surface area contributed by atoms with Crippen molar-refractivity contribution >= 4 is 28.7 Å². The summed E-state index contributed by atoms with van der Waals surface area (Å²) in [5.41, 5.74) is -0.0814. The van der Waals surface area contributed by atoms with Crippen molar-refractivity contribution in [3.05, 3.63) is 52.2 Å². The van der Waals surface area contributed by atoms with Crippen LogP contribution in [-0.2, 0) is 10.4 Å². The first-order valence-electron chi connectivity index (χ1n) is 6.19. The van der Waals surface area contributed by atoms with Crippen molar-refractivity contribution in [2.24, 2.45) is 0 Å². The molecule has 1 aliphatic heterocycles. The summed E-state index contributed by atoms with van der Waals surface area (Å²) in [5, 5.41) is 14.3. The van der Waals surface area contributed by atoms with Gasteiger partial charge in [-0.15, -0.1) is 0 Å². The molecule has 5 heteroatoms. The van der Waals surface area contributed by atoms with Gasteiger partial charge in [0.25, 0.3) is 5.91 Å². The molecule has 1 N–H and O–H groups in total. The third-order valence-corrected chi connectivity index (χ3v) is 4.31. The summed E-state index contributed by atoms with van der Waals surface area (Å²) in [5.74, 6) is -0.686. The van der Waals surface area contributed by atoms with Crippen LogP contribution in [0.4, 0.5) is 5.69 Å². The maximum Gasteiger partial charge on any atom is 0.263 e. The van der Waals surface area contributed by atoms with Crippen LogP contribution in [0.15, 0.2) is 41.1 Å². The lowest BCUT2D eigenvalue weighted by atomic mass is 9.88. The Morgan fingerprint density at radius 1 is 1.35 bits per heavy atom. The van der Waals surface area contributed by atoms with Crippen LogP contribution in [0.25, 0.3) is 0 Å². The number of thiophene rings is 1. The van der Waals surface area contributed by atoms with Gasteiger partial charge >= 0.3 is 0 Å². The van der Waals surface area contributed by atoms with Crippen LogP contribution < -0.4 is 4.90 Å². The van der Waals surface area contributed by atoms with Crippen molar-refractivity contribution in [1.29, 1.82) is 0 Å². The van der Waals surface area contributed by atoms with Crippen LogP contribution in [0.5, 0.6) is 0 Å². The number of rotatable bonds is 3. The summed E-state index contributed by atoms with van der Waals surface area (Å²) in [4.78, 5) is 25.9. The van der Waals surface area contributed by atoms with Crippen LogP contribution >= 0.6 is 11.3 Å². The van der Waals surface area contributed by atoms with E-state index >= 15 is 0 Å². The van der Waals surface area contributed by atoms with E-state index in [1.165, 1.54) is 16.2 Å². The van der Waals surface area contributed by atoms with E-state index in [4.69, 9.17) is 0 Å². The third kappa shape index (κ3) is 1.78. The number of fused-ring (bicyclic) bond motifs is 1. The number of hydrogen-bond acceptors (Lipinski definition) is 4. The fraction of sp³-hybridized carbons (Fsp3) is 0.200. The fourth-order valence-corrected chi connectivity index (χ4v) is 3.21. The lowest BCUT2D eigenvalue weighted by Crippen LogP contribution is -2.40. The molecule has 3 rings (SSSR count). The van der Waals surface area contributed by atoms with Crippen molar-refractivity contribution < 1.29 is 14.7 Å². The number of aliphatic hydroxyl groups is 1. The zero-order valence-electron chi connectivity index (χ0n) is 10.9. The number of ketones is 1. The van der Waals surface area contributed by atoms with E-state index in [0.29, 0.717) is 16.8 Å². The molecule has 0 radical (unpaired) electrons. The lowest BCUT2D eigenvalue weighted by Gasteiger charge is -2.20. The number of hydrogen-bond donors (Lipinski definition) is 1. The summed E-state index contributed by atoms with van der Waals surface area (Å²) in [7, 11) is 1.61. The molecule has 0 saturated carbocycles. The van der Waals surface area contributed by atoms with Crippen LogP contribution in [0.2, 0.25) is 0 Å². The number of carbonyl (C=O) groups excluding carboxylic acids is 2. The average molecular weight is 287 g/mol. The molecular weight excluding hydrogens is 274 g/mol. The van der Waals surface area contributed by atoms with Gasteiger partial charge in [-0.2, -0.15) is 11.3 Å². The molecule has 0 spiro atoms. The average Bonchev–Trinajstić information content (AvgIpc) is 3.04. The van der Waals surface area contributed by atoms with Crippen molar-refractivity contribution in [3.63, 3.8) is 0 Å². The first-order valence-corrected chi connectivity index (χ1v) is 7.14. The minimum absolute atomic E-state index is 0.229. The smallest absolute Gasteiger partial charge is 0.263 e. The number of likely N-dealkylation sites (N-methyl/N-ethyl adjacent to an activating group) is 1. The number of Topliss-reactive ketones (excluding diaryl/α,β-unsaturated/α-hetero) is 1. The Labute approximate surface area is 120 Å². The van der Waals surface area contributed by atoms with E-state index in [0.717, 1.165) is 0 Å². The highest BCUT2D eigenvalue weighted by Gasteiger charge is 2.49. The van der Waals surface area contributed by atoms with Gasteiger partial charge in [0.1, 0.15) is 0 Å². The molecule has 1 aromatic carbocycles. The molecule has 102 valence electrons. The van der Waals surface area contributed by atoms with Crippen LogP contribution in [0, 0.1) is 0 Å². The maximum absolute atomic E-state index is 12.3. The van der Waals surface area contributed by atoms with E-state index in [9.17, 15) is 14.7 Å². The lowest BCUT2D eigenvalue weighted by molar-refractivity contribution is -0.135. The van der Waals surface area contributed by atoms with Gasteiger partial charge in [-0.25, -0.2) is 0 Å². The summed E-state index contributed by atoms with van der Waals surface area (Å²) in [6.07, 6.45) is -0.232. The number of amides is 1. The van der Waals surface area contributed by atoms with E-state index in [2.05, 4.69) is 0 Å². The van der Waals surface area contributed by atoms with Crippen LogP contribution in [-0.4, -0.2) is 23.8 Å². The van der Waals surface area contributed by atoms with E-state index in [1.807, 2.05) is 0 Å². The third-order valence-electron chi connectivity index (χ3n) is 3.63. The minimum atomic E-state index is -1.76. The zero-order chi connectivity index (χ0) is 14.3.